The van der Waals surface area contributed by atoms with Gasteiger partial charge in [-0.15, -0.1) is 0 Å². The van der Waals surface area contributed by atoms with Gasteiger partial charge in [0, 0.05) is 6.08 Å². The van der Waals surface area contributed by atoms with Crippen molar-refractivity contribution in [1.29, 1.82) is 0 Å². The molecule has 4 rings (SSSR count). The summed E-state index contributed by atoms with van der Waals surface area (Å²) in [5.74, 6) is 0.261. The number of rotatable bonds is 1. The van der Waals surface area contributed by atoms with Crippen molar-refractivity contribution >= 4 is 11.7 Å². The molecule has 2 aliphatic heterocycles. The zero-order chi connectivity index (χ0) is 17.6. The molecule has 0 aromatic heterocycles. The van der Waals surface area contributed by atoms with E-state index >= 15 is 0 Å². The van der Waals surface area contributed by atoms with Gasteiger partial charge in [-0.2, -0.15) is 0 Å². The van der Waals surface area contributed by atoms with Gasteiger partial charge in [0.15, 0.2) is 0 Å². The molecule has 126 valence electrons. The minimum Gasteiger partial charge on any atom is -0.512 e. The Balaban J connectivity index is 1.79. The fourth-order valence-electron chi connectivity index (χ4n) is 3.26. The van der Waals surface area contributed by atoms with Crippen molar-refractivity contribution in [2.45, 2.75) is 19.6 Å². The first kappa shape index (κ1) is 15.3. The number of esters is 1. The third-order valence-corrected chi connectivity index (χ3v) is 4.28. The summed E-state index contributed by atoms with van der Waals surface area (Å²) in [5, 5.41) is 13.2. The molecule has 2 N–H and O–H groups in total. The molecular weight excluding hydrogens is 318 g/mol. The Morgan fingerprint density at radius 1 is 1.12 bits per heavy atom. The van der Waals surface area contributed by atoms with Crippen LogP contribution in [0.2, 0.25) is 0 Å². The van der Waals surface area contributed by atoms with Gasteiger partial charge in [-0.1, -0.05) is 36.4 Å². The summed E-state index contributed by atoms with van der Waals surface area (Å²) in [4.78, 5) is 12.2. The van der Waals surface area contributed by atoms with E-state index in [9.17, 15) is 9.90 Å². The van der Waals surface area contributed by atoms with Crippen LogP contribution in [0.25, 0.3) is 11.1 Å². The standard InChI is InChI=1S/C20H17NO4/c1-12-11-20(18(13(2)22)19(23)24-12)21-16-10-15(8-9-17(16)25-20)14-6-4-3-5-7-14/h3-11,21-22H,1-2H3/b18-13+. The lowest BCUT2D eigenvalue weighted by Crippen LogP contribution is -2.47. The summed E-state index contributed by atoms with van der Waals surface area (Å²) in [6.45, 7) is 3.11. The number of ether oxygens (including phenoxy) is 2. The fraction of sp³-hybridized carbons (Fsp3) is 0.150. The van der Waals surface area contributed by atoms with Crippen LogP contribution in [0.5, 0.6) is 5.75 Å². The second kappa shape index (κ2) is 5.41. The van der Waals surface area contributed by atoms with Gasteiger partial charge < -0.3 is 19.9 Å². The van der Waals surface area contributed by atoms with Crippen molar-refractivity contribution in [2.24, 2.45) is 0 Å². The van der Waals surface area contributed by atoms with Gasteiger partial charge >= 0.3 is 5.97 Å². The average molecular weight is 335 g/mol. The largest absolute Gasteiger partial charge is 0.512 e. The molecule has 5 heteroatoms. The van der Waals surface area contributed by atoms with Gasteiger partial charge in [-0.05, 0) is 37.1 Å². The Morgan fingerprint density at radius 2 is 1.88 bits per heavy atom. The second-order valence-corrected chi connectivity index (χ2v) is 6.14. The van der Waals surface area contributed by atoms with Gasteiger partial charge in [0.25, 0.3) is 0 Å². The molecule has 0 fully saturated rings. The molecule has 1 spiro atoms. The Bertz CT molecular complexity index is 926. The van der Waals surface area contributed by atoms with Crippen LogP contribution in [0, 0.1) is 0 Å². The van der Waals surface area contributed by atoms with E-state index in [4.69, 9.17) is 9.47 Å². The van der Waals surface area contributed by atoms with E-state index < -0.39 is 11.7 Å². The first-order valence-corrected chi connectivity index (χ1v) is 7.97. The molecule has 2 aromatic rings. The van der Waals surface area contributed by atoms with Crippen LogP contribution >= 0.6 is 0 Å². The van der Waals surface area contributed by atoms with Crippen molar-refractivity contribution in [3.8, 4) is 16.9 Å². The Morgan fingerprint density at radius 3 is 2.60 bits per heavy atom. The minimum atomic E-state index is -1.25. The maximum atomic E-state index is 12.2. The molecule has 0 aliphatic carbocycles. The lowest BCUT2D eigenvalue weighted by atomic mass is 9.98. The van der Waals surface area contributed by atoms with E-state index in [0.29, 0.717) is 11.5 Å². The Kier molecular flexibility index (Phi) is 3.32. The number of nitrogens with one attached hydrogen (secondary N) is 1. The number of aliphatic hydroxyl groups excluding tert-OH is 1. The van der Waals surface area contributed by atoms with Crippen LogP contribution in [0.1, 0.15) is 13.8 Å². The highest BCUT2D eigenvalue weighted by Gasteiger charge is 2.49. The van der Waals surface area contributed by atoms with Gasteiger partial charge in [-0.3, -0.25) is 0 Å². The monoisotopic (exact) mass is 335 g/mol. The van der Waals surface area contributed by atoms with E-state index in [1.54, 1.807) is 13.0 Å². The highest BCUT2D eigenvalue weighted by atomic mass is 16.6. The smallest absolute Gasteiger partial charge is 0.349 e. The fourth-order valence-corrected chi connectivity index (χ4v) is 3.26. The minimum absolute atomic E-state index is 0.0514. The molecule has 1 atom stereocenters. The molecule has 2 aliphatic rings. The van der Waals surface area contributed by atoms with Crippen molar-refractivity contribution in [1.82, 2.24) is 0 Å². The summed E-state index contributed by atoms with van der Waals surface area (Å²) in [6, 6.07) is 15.8. The normalized spacial score (nSPS) is 23.3. The van der Waals surface area contributed by atoms with Gasteiger partial charge in [0.05, 0.1) is 5.69 Å². The molecule has 2 aromatic carbocycles. The van der Waals surface area contributed by atoms with Crippen molar-refractivity contribution in [3.63, 3.8) is 0 Å². The van der Waals surface area contributed by atoms with Crippen LogP contribution in [0.15, 0.2) is 71.7 Å². The number of aliphatic hydroxyl groups is 1. The number of cyclic esters (lactones) is 1. The number of carbonyl (C=O) groups is 1. The van der Waals surface area contributed by atoms with E-state index in [1.165, 1.54) is 6.92 Å². The first-order valence-electron chi connectivity index (χ1n) is 7.97. The number of hydrogen-bond donors (Lipinski definition) is 2. The molecular formula is C20H17NO4. The molecule has 2 heterocycles. The predicted molar refractivity (Wildman–Crippen MR) is 94.0 cm³/mol. The first-order chi connectivity index (χ1) is 12.0. The van der Waals surface area contributed by atoms with Crippen LogP contribution < -0.4 is 10.1 Å². The molecule has 0 amide bonds. The molecule has 0 radical (unpaired) electrons. The molecule has 0 saturated carbocycles. The third kappa shape index (κ3) is 2.45. The van der Waals surface area contributed by atoms with E-state index in [-0.39, 0.29) is 11.3 Å². The summed E-state index contributed by atoms with van der Waals surface area (Å²) in [5.41, 5.74) is 1.65. The molecule has 0 saturated heterocycles. The molecule has 1 unspecified atom stereocenters. The maximum absolute atomic E-state index is 12.2. The van der Waals surface area contributed by atoms with Crippen LogP contribution in [0.3, 0.4) is 0 Å². The summed E-state index contributed by atoms with van der Waals surface area (Å²) < 4.78 is 11.2. The zero-order valence-corrected chi connectivity index (χ0v) is 13.9. The van der Waals surface area contributed by atoms with Crippen molar-refractivity contribution in [2.75, 3.05) is 5.32 Å². The highest BCUT2D eigenvalue weighted by Crippen LogP contribution is 2.45. The van der Waals surface area contributed by atoms with Crippen molar-refractivity contribution < 1.29 is 19.4 Å². The Labute approximate surface area is 145 Å². The van der Waals surface area contributed by atoms with Gasteiger partial charge in [0.2, 0.25) is 5.72 Å². The van der Waals surface area contributed by atoms with Gasteiger partial charge in [0.1, 0.15) is 22.8 Å². The van der Waals surface area contributed by atoms with Gasteiger partial charge in [-0.25, -0.2) is 4.79 Å². The van der Waals surface area contributed by atoms with Crippen molar-refractivity contribution in [3.05, 3.63) is 71.7 Å². The third-order valence-electron chi connectivity index (χ3n) is 4.28. The number of benzene rings is 2. The summed E-state index contributed by atoms with van der Waals surface area (Å²) in [7, 11) is 0. The molecule has 5 nitrogen and oxygen atoms in total. The zero-order valence-electron chi connectivity index (χ0n) is 13.9. The van der Waals surface area contributed by atoms with Crippen LogP contribution in [-0.4, -0.2) is 16.8 Å². The number of hydrogen-bond acceptors (Lipinski definition) is 5. The lowest BCUT2D eigenvalue weighted by Gasteiger charge is -2.31. The summed E-state index contributed by atoms with van der Waals surface area (Å²) >= 11 is 0. The van der Waals surface area contributed by atoms with Crippen LogP contribution in [-0.2, 0) is 9.53 Å². The molecule has 0 bridgehead atoms. The Hall–Kier alpha value is -3.21. The predicted octanol–water partition coefficient (Wildman–Crippen LogP) is 4.15. The lowest BCUT2D eigenvalue weighted by molar-refractivity contribution is -0.138. The number of carbonyl (C=O) groups excluding carboxylic acids is 1. The SMILES string of the molecule is CC1=CC2(Nc3cc(-c4ccccc4)ccc3O2)/C(=C(\C)O)C(=O)O1. The van der Waals surface area contributed by atoms with E-state index in [0.717, 1.165) is 16.8 Å². The average Bonchev–Trinajstić information content (AvgIpc) is 2.90. The number of allylic oxidation sites excluding steroid dienone is 2. The summed E-state index contributed by atoms with van der Waals surface area (Å²) in [6.07, 6.45) is 1.66. The van der Waals surface area contributed by atoms with E-state index in [1.807, 2.05) is 48.5 Å². The molecule has 25 heavy (non-hydrogen) atoms. The highest BCUT2D eigenvalue weighted by molar-refractivity contribution is 5.95. The topological polar surface area (TPSA) is 67.8 Å². The van der Waals surface area contributed by atoms with E-state index in [2.05, 4.69) is 5.32 Å². The number of anilines is 1. The number of fused-ring (bicyclic) bond motifs is 1. The maximum Gasteiger partial charge on any atom is 0.349 e. The van der Waals surface area contributed by atoms with Crippen LogP contribution in [0.4, 0.5) is 5.69 Å². The second-order valence-electron chi connectivity index (χ2n) is 6.14. The quantitative estimate of drug-likeness (QED) is 0.465.